The number of amides is 1. The largest absolute Gasteiger partial charge is 0.272 e. The van der Waals surface area contributed by atoms with Crippen LogP contribution in [0, 0.1) is 5.92 Å². The van der Waals surface area contributed by atoms with Crippen molar-refractivity contribution < 1.29 is 4.79 Å². The van der Waals surface area contributed by atoms with Crippen molar-refractivity contribution in [3.63, 3.8) is 0 Å². The second-order valence-corrected chi connectivity index (χ2v) is 4.13. The summed E-state index contributed by atoms with van der Waals surface area (Å²) >= 11 is 0. The summed E-state index contributed by atoms with van der Waals surface area (Å²) in [5.41, 5.74) is 3.95. The van der Waals surface area contributed by atoms with Crippen LogP contribution in [-0.4, -0.2) is 16.6 Å². The molecular formula is C12H17N3O. The molecule has 0 bridgehead atoms. The lowest BCUT2D eigenvalue weighted by Crippen LogP contribution is -2.19. The standard InChI is InChI=1S/C12H17N3O/c1-9(2)7-10(3)14-15-12(16)11-5-4-6-13-8-11/h4-6,8-9H,7H2,1-3H3,(H,15,16). The van der Waals surface area contributed by atoms with Gasteiger partial charge in [-0.2, -0.15) is 5.10 Å². The highest BCUT2D eigenvalue weighted by Crippen LogP contribution is 2.01. The predicted octanol–water partition coefficient (Wildman–Crippen LogP) is 2.23. The third-order valence-electron chi connectivity index (χ3n) is 1.98. The summed E-state index contributed by atoms with van der Waals surface area (Å²) in [6, 6.07) is 3.43. The molecule has 1 aromatic rings. The first-order valence-electron chi connectivity index (χ1n) is 5.33. The SMILES string of the molecule is CC(CC(C)C)=NNC(=O)c1cccnc1. The molecule has 86 valence electrons. The Hall–Kier alpha value is -1.71. The van der Waals surface area contributed by atoms with Crippen LogP contribution in [-0.2, 0) is 0 Å². The van der Waals surface area contributed by atoms with Gasteiger partial charge in [-0.05, 0) is 31.4 Å². The third-order valence-corrected chi connectivity index (χ3v) is 1.98. The maximum atomic E-state index is 11.6. The van der Waals surface area contributed by atoms with Gasteiger partial charge in [0, 0.05) is 18.1 Å². The van der Waals surface area contributed by atoms with E-state index in [-0.39, 0.29) is 5.91 Å². The van der Waals surface area contributed by atoms with Crippen molar-refractivity contribution in [2.75, 3.05) is 0 Å². The van der Waals surface area contributed by atoms with Crippen LogP contribution in [0.1, 0.15) is 37.6 Å². The zero-order valence-corrected chi connectivity index (χ0v) is 9.90. The number of carbonyl (C=O) groups excluding carboxylic acids is 1. The highest BCUT2D eigenvalue weighted by Gasteiger charge is 2.03. The van der Waals surface area contributed by atoms with E-state index >= 15 is 0 Å². The van der Waals surface area contributed by atoms with Crippen LogP contribution in [0.3, 0.4) is 0 Å². The van der Waals surface area contributed by atoms with E-state index in [0.29, 0.717) is 11.5 Å². The van der Waals surface area contributed by atoms with Gasteiger partial charge in [0.25, 0.3) is 5.91 Å². The van der Waals surface area contributed by atoms with Crippen molar-refractivity contribution in [2.24, 2.45) is 11.0 Å². The number of hydrogen-bond donors (Lipinski definition) is 1. The van der Waals surface area contributed by atoms with E-state index in [0.717, 1.165) is 12.1 Å². The van der Waals surface area contributed by atoms with Gasteiger partial charge >= 0.3 is 0 Å². The highest BCUT2D eigenvalue weighted by atomic mass is 16.2. The van der Waals surface area contributed by atoms with Crippen LogP contribution in [0.4, 0.5) is 0 Å². The summed E-state index contributed by atoms with van der Waals surface area (Å²) in [5.74, 6) is 0.315. The molecule has 0 unspecified atom stereocenters. The van der Waals surface area contributed by atoms with Crippen molar-refractivity contribution in [1.82, 2.24) is 10.4 Å². The first kappa shape index (κ1) is 12.4. The summed E-state index contributed by atoms with van der Waals surface area (Å²) < 4.78 is 0. The fourth-order valence-corrected chi connectivity index (χ4v) is 1.34. The van der Waals surface area contributed by atoms with Gasteiger partial charge in [-0.1, -0.05) is 13.8 Å². The van der Waals surface area contributed by atoms with E-state index in [2.05, 4.69) is 29.4 Å². The molecule has 4 heteroatoms. The molecule has 1 rings (SSSR count). The Morgan fingerprint density at radius 1 is 1.56 bits per heavy atom. The van der Waals surface area contributed by atoms with Gasteiger partial charge in [0.2, 0.25) is 0 Å². The molecule has 0 atom stereocenters. The average Bonchev–Trinajstić information content (AvgIpc) is 2.26. The van der Waals surface area contributed by atoms with E-state index in [1.807, 2.05) is 6.92 Å². The summed E-state index contributed by atoms with van der Waals surface area (Å²) in [4.78, 5) is 15.4. The first-order valence-corrected chi connectivity index (χ1v) is 5.33. The molecule has 4 nitrogen and oxygen atoms in total. The second-order valence-electron chi connectivity index (χ2n) is 4.13. The number of rotatable bonds is 4. The monoisotopic (exact) mass is 219 g/mol. The zero-order valence-electron chi connectivity index (χ0n) is 9.90. The zero-order chi connectivity index (χ0) is 12.0. The molecule has 0 spiro atoms. The topological polar surface area (TPSA) is 54.4 Å². The van der Waals surface area contributed by atoms with Crippen LogP contribution in [0.5, 0.6) is 0 Å². The van der Waals surface area contributed by atoms with Crippen molar-refractivity contribution in [2.45, 2.75) is 27.2 Å². The number of hydrogen-bond acceptors (Lipinski definition) is 3. The normalized spacial score (nSPS) is 11.6. The summed E-state index contributed by atoms with van der Waals surface area (Å²) in [6.07, 6.45) is 4.03. The molecule has 0 aliphatic carbocycles. The minimum atomic E-state index is -0.226. The fourth-order valence-electron chi connectivity index (χ4n) is 1.34. The smallest absolute Gasteiger partial charge is 0.267 e. The molecule has 0 aromatic carbocycles. The average molecular weight is 219 g/mol. The van der Waals surface area contributed by atoms with Gasteiger partial charge in [0.15, 0.2) is 0 Å². The van der Waals surface area contributed by atoms with Crippen molar-refractivity contribution in [1.29, 1.82) is 0 Å². The summed E-state index contributed by atoms with van der Waals surface area (Å²) in [5, 5.41) is 4.03. The predicted molar refractivity (Wildman–Crippen MR) is 64.3 cm³/mol. The van der Waals surface area contributed by atoms with Crippen molar-refractivity contribution in [3.05, 3.63) is 30.1 Å². The van der Waals surface area contributed by atoms with Gasteiger partial charge in [-0.15, -0.1) is 0 Å². The number of hydrazone groups is 1. The molecule has 1 aromatic heterocycles. The minimum absolute atomic E-state index is 0.226. The molecule has 1 amide bonds. The van der Waals surface area contributed by atoms with E-state index < -0.39 is 0 Å². The quantitative estimate of drug-likeness (QED) is 0.623. The summed E-state index contributed by atoms with van der Waals surface area (Å²) in [7, 11) is 0. The fraction of sp³-hybridized carbons (Fsp3) is 0.417. The van der Waals surface area contributed by atoms with Crippen LogP contribution in [0.25, 0.3) is 0 Å². The third kappa shape index (κ3) is 4.21. The van der Waals surface area contributed by atoms with Crippen LogP contribution in [0.2, 0.25) is 0 Å². The Labute approximate surface area is 95.8 Å². The number of pyridine rings is 1. The maximum absolute atomic E-state index is 11.6. The molecule has 16 heavy (non-hydrogen) atoms. The molecular weight excluding hydrogens is 202 g/mol. The molecule has 0 aliphatic rings. The van der Waals surface area contributed by atoms with Crippen LogP contribution >= 0.6 is 0 Å². The van der Waals surface area contributed by atoms with Crippen LogP contribution in [0.15, 0.2) is 29.6 Å². The van der Waals surface area contributed by atoms with Crippen LogP contribution < -0.4 is 5.43 Å². The number of carbonyl (C=O) groups is 1. The molecule has 0 aliphatic heterocycles. The number of aromatic nitrogens is 1. The number of nitrogens with zero attached hydrogens (tertiary/aromatic N) is 2. The second kappa shape index (κ2) is 6.00. The Kier molecular flexibility index (Phi) is 4.64. The van der Waals surface area contributed by atoms with Gasteiger partial charge < -0.3 is 0 Å². The molecule has 0 radical (unpaired) electrons. The lowest BCUT2D eigenvalue weighted by Gasteiger charge is -2.04. The van der Waals surface area contributed by atoms with Gasteiger partial charge in [0.05, 0.1) is 5.56 Å². The van der Waals surface area contributed by atoms with E-state index in [9.17, 15) is 4.79 Å². The first-order chi connectivity index (χ1) is 7.59. The van der Waals surface area contributed by atoms with Crippen molar-refractivity contribution in [3.8, 4) is 0 Å². The van der Waals surface area contributed by atoms with E-state index in [1.54, 1.807) is 18.3 Å². The number of nitrogens with one attached hydrogen (secondary N) is 1. The minimum Gasteiger partial charge on any atom is -0.267 e. The van der Waals surface area contributed by atoms with Gasteiger partial charge in [-0.25, -0.2) is 5.43 Å². The molecule has 0 fully saturated rings. The molecule has 0 saturated heterocycles. The highest BCUT2D eigenvalue weighted by molar-refractivity contribution is 5.94. The molecule has 1 N–H and O–H groups in total. The Bertz CT molecular complexity index is 371. The Morgan fingerprint density at radius 3 is 2.88 bits per heavy atom. The molecule has 0 saturated carbocycles. The lowest BCUT2D eigenvalue weighted by molar-refractivity contribution is 0.0954. The lowest BCUT2D eigenvalue weighted by atomic mass is 10.1. The van der Waals surface area contributed by atoms with Crippen molar-refractivity contribution >= 4 is 11.6 Å². The Balaban J connectivity index is 2.53. The van der Waals surface area contributed by atoms with E-state index in [1.165, 1.54) is 6.20 Å². The van der Waals surface area contributed by atoms with Gasteiger partial charge in [0.1, 0.15) is 0 Å². The maximum Gasteiger partial charge on any atom is 0.272 e. The van der Waals surface area contributed by atoms with Gasteiger partial charge in [-0.3, -0.25) is 9.78 Å². The Morgan fingerprint density at radius 2 is 2.31 bits per heavy atom. The van der Waals surface area contributed by atoms with E-state index in [4.69, 9.17) is 0 Å². The molecule has 1 heterocycles. The summed E-state index contributed by atoms with van der Waals surface area (Å²) in [6.45, 7) is 6.13.